The molecule has 4 nitrogen and oxygen atoms in total. The van der Waals surface area contributed by atoms with Crippen molar-refractivity contribution in [2.75, 3.05) is 25.8 Å². The highest BCUT2D eigenvalue weighted by Gasteiger charge is 1.88. The van der Waals surface area contributed by atoms with Gasteiger partial charge in [0.15, 0.2) is 0 Å². The number of sulfonamides is 1. The highest BCUT2D eigenvalue weighted by Crippen LogP contribution is 1.62. The number of hydrogen-bond donors (Lipinski definition) is 1. The molecule has 0 aliphatic rings. The van der Waals surface area contributed by atoms with Gasteiger partial charge < -0.3 is 4.55 Å². The second kappa shape index (κ2) is 5.96. The molecule has 10 heavy (non-hydrogen) atoms. The van der Waals surface area contributed by atoms with Crippen LogP contribution in [-0.2, 0) is 21.2 Å². The van der Waals surface area contributed by atoms with Gasteiger partial charge in [-0.15, -0.1) is 0 Å². The largest absolute Gasteiger partial charge is 0.617 e. The number of hydrogen-bond acceptors (Lipinski definition) is 3. The fourth-order valence-electron chi connectivity index (χ4n) is 0. The van der Waals surface area contributed by atoms with Crippen molar-refractivity contribution in [2.45, 2.75) is 0 Å². The molecule has 0 aromatic rings. The van der Waals surface area contributed by atoms with Crippen LogP contribution < -0.4 is 4.72 Å². The van der Waals surface area contributed by atoms with Crippen molar-refractivity contribution in [1.82, 2.24) is 4.72 Å². The van der Waals surface area contributed by atoms with Crippen LogP contribution >= 0.6 is 0 Å². The summed E-state index contributed by atoms with van der Waals surface area (Å²) in [6.45, 7) is 0. The Bertz CT molecular complexity index is 149. The van der Waals surface area contributed by atoms with Crippen LogP contribution in [0.25, 0.3) is 0 Å². The molecule has 0 saturated heterocycles. The molecule has 0 amide bonds. The first-order valence-corrected chi connectivity index (χ1v) is 6.29. The summed E-state index contributed by atoms with van der Waals surface area (Å²) in [5.41, 5.74) is 0. The van der Waals surface area contributed by atoms with Crippen LogP contribution in [0.3, 0.4) is 0 Å². The first kappa shape index (κ1) is 12.9. The van der Waals surface area contributed by atoms with E-state index >= 15 is 0 Å². The average molecular weight is 187 g/mol. The van der Waals surface area contributed by atoms with Crippen LogP contribution in [0.4, 0.5) is 0 Å². The minimum Gasteiger partial charge on any atom is -0.617 e. The van der Waals surface area contributed by atoms with Crippen molar-refractivity contribution in [2.24, 2.45) is 0 Å². The first-order valence-electron chi connectivity index (χ1n) is 2.43. The van der Waals surface area contributed by atoms with E-state index in [-0.39, 0.29) is 0 Å². The van der Waals surface area contributed by atoms with E-state index in [1.807, 2.05) is 0 Å². The summed E-state index contributed by atoms with van der Waals surface area (Å²) in [5, 5.41) is 0. The quantitative estimate of drug-likeness (QED) is 0.544. The smallest absolute Gasteiger partial charge is 0.208 e. The molecule has 0 atom stereocenters. The number of rotatable bonds is 1. The fraction of sp³-hybridized carbons (Fsp3) is 1.00. The third kappa shape index (κ3) is 41.3. The predicted molar refractivity (Wildman–Crippen MR) is 43.9 cm³/mol. The van der Waals surface area contributed by atoms with E-state index < -0.39 is 21.2 Å². The summed E-state index contributed by atoms with van der Waals surface area (Å²) in [6.07, 6.45) is 4.38. The van der Waals surface area contributed by atoms with Crippen LogP contribution in [0.1, 0.15) is 0 Å². The molecule has 0 bridgehead atoms. The number of nitrogens with one attached hydrogen (secondary N) is 1. The Morgan fingerprint density at radius 1 is 1.40 bits per heavy atom. The van der Waals surface area contributed by atoms with Crippen LogP contribution in [0.2, 0.25) is 0 Å². The normalized spacial score (nSPS) is 10.6. The van der Waals surface area contributed by atoms with Gasteiger partial charge in [-0.05, 0) is 7.05 Å². The van der Waals surface area contributed by atoms with Gasteiger partial charge in [0.25, 0.3) is 0 Å². The Morgan fingerprint density at radius 3 is 1.50 bits per heavy atom. The molecule has 0 aliphatic carbocycles. The maximum Gasteiger partial charge on any atom is 0.208 e. The van der Waals surface area contributed by atoms with E-state index in [1.165, 1.54) is 7.05 Å². The molecule has 0 aromatic heterocycles. The van der Waals surface area contributed by atoms with Crippen molar-refractivity contribution in [1.29, 1.82) is 0 Å². The molecule has 0 rings (SSSR count). The van der Waals surface area contributed by atoms with E-state index in [1.54, 1.807) is 12.5 Å². The van der Waals surface area contributed by atoms with Crippen LogP contribution in [-0.4, -0.2) is 38.8 Å². The highest BCUT2D eigenvalue weighted by atomic mass is 32.2. The van der Waals surface area contributed by atoms with Gasteiger partial charge in [-0.2, -0.15) is 0 Å². The highest BCUT2D eigenvalue weighted by molar-refractivity contribution is 7.90. The molecular weight excluding hydrogens is 174 g/mol. The van der Waals surface area contributed by atoms with Gasteiger partial charge in [-0.1, -0.05) is 11.2 Å². The lowest BCUT2D eigenvalue weighted by molar-refractivity contribution is 0.594. The van der Waals surface area contributed by atoms with Crippen molar-refractivity contribution in [3.05, 3.63) is 0 Å². The minimum absolute atomic E-state index is 0.611. The maximum atomic E-state index is 9.89. The summed E-state index contributed by atoms with van der Waals surface area (Å²) in [5.74, 6) is 0. The molecule has 0 spiro atoms. The second-order valence-electron chi connectivity index (χ2n) is 1.72. The standard InChI is InChI=1S/C2H7NO2S.C2H6OS/c1-3-6(2,4)5;1-4(2)3/h3H,1-2H3;1-2H3. The molecule has 0 aliphatic heterocycles. The van der Waals surface area contributed by atoms with Gasteiger partial charge in [0.2, 0.25) is 10.0 Å². The van der Waals surface area contributed by atoms with Gasteiger partial charge in [0.1, 0.15) is 0 Å². The summed E-state index contributed by atoms with van der Waals surface area (Å²) < 4.78 is 31.4. The minimum atomic E-state index is -2.91. The molecule has 0 aromatic carbocycles. The van der Waals surface area contributed by atoms with Crippen LogP contribution in [0.15, 0.2) is 0 Å². The molecule has 0 fully saturated rings. The SMILES string of the molecule is CNS(C)(=O)=O.C[S+](C)[O-]. The lowest BCUT2D eigenvalue weighted by Crippen LogP contribution is -2.15. The second-order valence-corrected chi connectivity index (χ2v) is 5.15. The van der Waals surface area contributed by atoms with Gasteiger partial charge in [-0.3, -0.25) is 0 Å². The Hall–Kier alpha value is 0.220. The summed E-state index contributed by atoms with van der Waals surface area (Å²) in [4.78, 5) is 0. The lowest BCUT2D eigenvalue weighted by atomic mass is 11.6. The van der Waals surface area contributed by atoms with E-state index in [9.17, 15) is 13.0 Å². The van der Waals surface area contributed by atoms with Gasteiger partial charge >= 0.3 is 0 Å². The van der Waals surface area contributed by atoms with Crippen molar-refractivity contribution in [3.63, 3.8) is 0 Å². The summed E-state index contributed by atoms with van der Waals surface area (Å²) >= 11 is -0.611. The Kier molecular flexibility index (Phi) is 7.67. The molecule has 0 saturated carbocycles. The average Bonchev–Trinajstić information content (AvgIpc) is 1.63. The zero-order valence-electron chi connectivity index (χ0n) is 6.54. The molecule has 1 N–H and O–H groups in total. The van der Waals surface area contributed by atoms with E-state index in [4.69, 9.17) is 0 Å². The molecule has 0 radical (unpaired) electrons. The Labute approximate surface area is 65.2 Å². The van der Waals surface area contributed by atoms with Gasteiger partial charge in [0.05, 0.1) is 18.8 Å². The molecule has 64 valence electrons. The third-order valence-electron chi connectivity index (χ3n) is 0.371. The van der Waals surface area contributed by atoms with Gasteiger partial charge in [-0.25, -0.2) is 13.1 Å². The Morgan fingerprint density at radius 2 is 1.50 bits per heavy atom. The maximum absolute atomic E-state index is 9.89. The molecular formula is C4H13NO3S2. The molecule has 0 heterocycles. The van der Waals surface area contributed by atoms with Crippen LogP contribution in [0, 0.1) is 0 Å². The van der Waals surface area contributed by atoms with Crippen molar-refractivity contribution < 1.29 is 13.0 Å². The zero-order chi connectivity index (χ0) is 8.78. The third-order valence-corrected chi connectivity index (χ3v) is 1.11. The predicted octanol–water partition coefficient (Wildman–Crippen LogP) is -0.840. The van der Waals surface area contributed by atoms with Crippen molar-refractivity contribution >= 4 is 21.2 Å². The van der Waals surface area contributed by atoms with Crippen LogP contribution in [0.5, 0.6) is 0 Å². The van der Waals surface area contributed by atoms with E-state index in [2.05, 4.69) is 4.72 Å². The topological polar surface area (TPSA) is 69.2 Å². The fourth-order valence-corrected chi connectivity index (χ4v) is 0. The van der Waals surface area contributed by atoms with Gasteiger partial charge in [0, 0.05) is 0 Å². The first-order chi connectivity index (χ1) is 4.29. The van der Waals surface area contributed by atoms with E-state index in [0.717, 1.165) is 6.26 Å². The van der Waals surface area contributed by atoms with E-state index in [0.29, 0.717) is 0 Å². The summed E-state index contributed by atoms with van der Waals surface area (Å²) in [6, 6.07) is 0. The molecule has 0 unspecified atom stereocenters. The Balaban J connectivity index is 0. The zero-order valence-corrected chi connectivity index (χ0v) is 8.17. The lowest BCUT2D eigenvalue weighted by Gasteiger charge is -1.87. The molecule has 6 heteroatoms. The summed E-state index contributed by atoms with van der Waals surface area (Å²) in [7, 11) is -1.54. The monoisotopic (exact) mass is 187 g/mol. The van der Waals surface area contributed by atoms with Crippen molar-refractivity contribution in [3.8, 4) is 0 Å².